The smallest absolute Gasteiger partial charge is 0.0599 e. The average Bonchev–Trinajstić information content (AvgIpc) is 2.16. The molecule has 0 fully saturated rings. The molecule has 0 spiro atoms. The van der Waals surface area contributed by atoms with Crippen molar-refractivity contribution in [1.29, 1.82) is 0 Å². The highest BCUT2D eigenvalue weighted by atomic mass is 16.3. The second-order valence-electron chi connectivity index (χ2n) is 3.86. The van der Waals surface area contributed by atoms with Gasteiger partial charge >= 0.3 is 0 Å². The lowest BCUT2D eigenvalue weighted by Crippen LogP contribution is -2.44. The molecule has 0 saturated carbocycles. The zero-order valence-corrected chi connectivity index (χ0v) is 9.74. The molecule has 0 aliphatic rings. The maximum absolute atomic E-state index is 9.10. The third-order valence-corrected chi connectivity index (χ3v) is 2.46. The zero-order chi connectivity index (χ0) is 11.0. The molecule has 1 atom stereocenters. The molecular weight excluding hydrogens is 178 g/mol. The standard InChI is InChI=1S/C10H25N3O/c1-4-13(10(8-11)9-14)7-5-6-12(2)3/h10,14H,4-9,11H2,1-3H3. The lowest BCUT2D eigenvalue weighted by Gasteiger charge is -2.28. The molecule has 0 rings (SSSR count). The van der Waals surface area contributed by atoms with Gasteiger partial charge in [0.15, 0.2) is 0 Å². The lowest BCUT2D eigenvalue weighted by atomic mass is 10.2. The quantitative estimate of drug-likeness (QED) is 0.562. The van der Waals surface area contributed by atoms with Crippen LogP contribution in [-0.2, 0) is 0 Å². The normalized spacial score (nSPS) is 13.9. The summed E-state index contributed by atoms with van der Waals surface area (Å²) < 4.78 is 0. The second kappa shape index (κ2) is 8.17. The Balaban J connectivity index is 3.77. The second-order valence-corrected chi connectivity index (χ2v) is 3.86. The third kappa shape index (κ3) is 5.54. The van der Waals surface area contributed by atoms with Crippen molar-refractivity contribution >= 4 is 0 Å². The monoisotopic (exact) mass is 203 g/mol. The van der Waals surface area contributed by atoms with Gasteiger partial charge in [-0.3, -0.25) is 4.90 Å². The van der Waals surface area contributed by atoms with Gasteiger partial charge in [-0.25, -0.2) is 0 Å². The minimum atomic E-state index is 0.127. The van der Waals surface area contributed by atoms with E-state index >= 15 is 0 Å². The Morgan fingerprint density at radius 1 is 1.29 bits per heavy atom. The highest BCUT2D eigenvalue weighted by molar-refractivity contribution is 4.70. The summed E-state index contributed by atoms with van der Waals surface area (Å²) in [6, 6.07) is 0.127. The van der Waals surface area contributed by atoms with E-state index in [1.807, 2.05) is 0 Å². The number of likely N-dealkylation sites (N-methyl/N-ethyl adjacent to an activating group) is 1. The Kier molecular flexibility index (Phi) is 8.08. The summed E-state index contributed by atoms with van der Waals surface area (Å²) in [6.45, 7) is 5.85. The van der Waals surface area contributed by atoms with Crippen molar-refractivity contribution in [2.75, 3.05) is 46.9 Å². The third-order valence-electron chi connectivity index (χ3n) is 2.46. The first-order valence-corrected chi connectivity index (χ1v) is 5.35. The average molecular weight is 203 g/mol. The summed E-state index contributed by atoms with van der Waals surface area (Å²) in [7, 11) is 4.14. The van der Waals surface area contributed by atoms with Gasteiger partial charge in [-0.2, -0.15) is 0 Å². The van der Waals surface area contributed by atoms with E-state index in [0.29, 0.717) is 6.54 Å². The van der Waals surface area contributed by atoms with Gasteiger partial charge in [-0.15, -0.1) is 0 Å². The lowest BCUT2D eigenvalue weighted by molar-refractivity contribution is 0.129. The Bertz CT molecular complexity index is 127. The van der Waals surface area contributed by atoms with Gasteiger partial charge in [-0.1, -0.05) is 6.92 Å². The molecule has 0 amide bonds. The Labute approximate surface area is 87.7 Å². The maximum atomic E-state index is 9.10. The van der Waals surface area contributed by atoms with Gasteiger partial charge in [-0.05, 0) is 40.2 Å². The van der Waals surface area contributed by atoms with Crippen molar-refractivity contribution in [2.45, 2.75) is 19.4 Å². The summed E-state index contributed by atoms with van der Waals surface area (Å²) >= 11 is 0. The number of aliphatic hydroxyl groups excluding tert-OH is 1. The minimum Gasteiger partial charge on any atom is -0.395 e. The summed E-state index contributed by atoms with van der Waals surface area (Å²) in [6.07, 6.45) is 1.12. The van der Waals surface area contributed by atoms with E-state index in [4.69, 9.17) is 10.8 Å². The van der Waals surface area contributed by atoms with Crippen molar-refractivity contribution in [2.24, 2.45) is 5.73 Å². The topological polar surface area (TPSA) is 52.7 Å². The van der Waals surface area contributed by atoms with E-state index < -0.39 is 0 Å². The predicted molar refractivity (Wildman–Crippen MR) is 60.3 cm³/mol. The van der Waals surface area contributed by atoms with Crippen LogP contribution >= 0.6 is 0 Å². The number of hydrogen-bond donors (Lipinski definition) is 2. The SMILES string of the molecule is CCN(CCCN(C)C)C(CN)CO. The molecular formula is C10H25N3O. The van der Waals surface area contributed by atoms with Crippen molar-refractivity contribution < 1.29 is 5.11 Å². The molecule has 0 aromatic rings. The van der Waals surface area contributed by atoms with Crippen LogP contribution in [0.2, 0.25) is 0 Å². The Hall–Kier alpha value is -0.160. The molecule has 1 unspecified atom stereocenters. The fourth-order valence-electron chi connectivity index (χ4n) is 1.53. The molecule has 14 heavy (non-hydrogen) atoms. The molecule has 0 aromatic heterocycles. The molecule has 4 nitrogen and oxygen atoms in total. The molecule has 3 N–H and O–H groups in total. The van der Waals surface area contributed by atoms with Crippen LogP contribution < -0.4 is 5.73 Å². The van der Waals surface area contributed by atoms with Crippen LogP contribution in [-0.4, -0.2) is 67.8 Å². The molecule has 0 aliphatic carbocycles. The number of nitrogens with two attached hydrogens (primary N) is 1. The van der Waals surface area contributed by atoms with Crippen LogP contribution in [0.1, 0.15) is 13.3 Å². The molecule has 0 saturated heterocycles. The van der Waals surface area contributed by atoms with Crippen LogP contribution in [0.15, 0.2) is 0 Å². The zero-order valence-electron chi connectivity index (χ0n) is 9.74. The molecule has 0 bridgehead atoms. The molecule has 0 aromatic carbocycles. The largest absolute Gasteiger partial charge is 0.395 e. The number of nitrogens with zero attached hydrogens (tertiary/aromatic N) is 2. The maximum Gasteiger partial charge on any atom is 0.0599 e. The predicted octanol–water partition coefficient (Wildman–Crippen LogP) is -0.420. The van der Waals surface area contributed by atoms with Gasteiger partial charge in [0.25, 0.3) is 0 Å². The van der Waals surface area contributed by atoms with Crippen LogP contribution in [0.3, 0.4) is 0 Å². The summed E-state index contributed by atoms with van der Waals surface area (Å²) in [4.78, 5) is 4.41. The van der Waals surface area contributed by atoms with Crippen LogP contribution in [0.4, 0.5) is 0 Å². The molecule has 86 valence electrons. The first-order chi connectivity index (χ1) is 6.65. The van der Waals surface area contributed by atoms with Crippen molar-refractivity contribution in [3.8, 4) is 0 Å². The van der Waals surface area contributed by atoms with E-state index in [0.717, 1.165) is 26.1 Å². The van der Waals surface area contributed by atoms with Gasteiger partial charge in [0.05, 0.1) is 6.61 Å². The molecule has 0 radical (unpaired) electrons. The summed E-state index contributed by atoms with van der Waals surface area (Å²) in [5.74, 6) is 0. The first-order valence-electron chi connectivity index (χ1n) is 5.35. The van der Waals surface area contributed by atoms with E-state index in [1.54, 1.807) is 0 Å². The van der Waals surface area contributed by atoms with Gasteiger partial charge in [0.2, 0.25) is 0 Å². The van der Waals surface area contributed by atoms with Crippen molar-refractivity contribution in [3.63, 3.8) is 0 Å². The van der Waals surface area contributed by atoms with Crippen molar-refractivity contribution in [3.05, 3.63) is 0 Å². The van der Waals surface area contributed by atoms with Crippen LogP contribution in [0.25, 0.3) is 0 Å². The summed E-state index contributed by atoms with van der Waals surface area (Å²) in [5.41, 5.74) is 5.58. The Morgan fingerprint density at radius 3 is 2.29 bits per heavy atom. The van der Waals surface area contributed by atoms with Crippen LogP contribution in [0, 0.1) is 0 Å². The molecule has 0 aliphatic heterocycles. The van der Waals surface area contributed by atoms with Gasteiger partial charge in [0, 0.05) is 12.6 Å². The highest BCUT2D eigenvalue weighted by Crippen LogP contribution is 1.99. The van der Waals surface area contributed by atoms with Crippen LogP contribution in [0.5, 0.6) is 0 Å². The first kappa shape index (κ1) is 13.8. The van der Waals surface area contributed by atoms with E-state index in [-0.39, 0.29) is 12.6 Å². The Morgan fingerprint density at radius 2 is 1.93 bits per heavy atom. The summed E-state index contributed by atoms with van der Waals surface area (Å²) in [5, 5.41) is 9.10. The number of aliphatic hydroxyl groups is 1. The van der Waals surface area contributed by atoms with Gasteiger partial charge < -0.3 is 15.7 Å². The number of rotatable bonds is 8. The van der Waals surface area contributed by atoms with Crippen molar-refractivity contribution in [1.82, 2.24) is 9.80 Å². The molecule has 0 heterocycles. The van der Waals surface area contributed by atoms with Gasteiger partial charge in [0.1, 0.15) is 0 Å². The fraction of sp³-hybridized carbons (Fsp3) is 1.00. The fourth-order valence-corrected chi connectivity index (χ4v) is 1.53. The van der Waals surface area contributed by atoms with E-state index in [1.165, 1.54) is 0 Å². The molecule has 4 heteroatoms. The minimum absolute atomic E-state index is 0.127. The van der Waals surface area contributed by atoms with E-state index in [2.05, 4.69) is 30.8 Å². The highest BCUT2D eigenvalue weighted by Gasteiger charge is 2.13. The number of hydrogen-bond acceptors (Lipinski definition) is 4. The van der Waals surface area contributed by atoms with E-state index in [9.17, 15) is 0 Å².